The molecule has 0 heterocycles. The smallest absolute Gasteiger partial charge is 0.264 e. The van der Waals surface area contributed by atoms with E-state index in [2.05, 4.69) is 0 Å². The Kier molecular flexibility index (Phi) is 2.20. The van der Waals surface area contributed by atoms with Crippen LogP contribution in [0.1, 0.15) is 32.1 Å². The molecule has 1 N–H and O–H groups in total. The molecule has 4 nitrogen and oxygen atoms in total. The molecule has 0 aromatic carbocycles. The van der Waals surface area contributed by atoms with Crippen LogP contribution < -0.4 is 0 Å². The maximum Gasteiger partial charge on any atom is 0.264 e. The molecule has 3 aliphatic carbocycles. The minimum Gasteiger partial charge on any atom is -0.389 e. The molecule has 92 valence electrons. The predicted molar refractivity (Wildman–Crippen MR) is 58.2 cm³/mol. The van der Waals surface area contributed by atoms with Gasteiger partial charge in [0.25, 0.3) is 10.1 Å². The summed E-state index contributed by atoms with van der Waals surface area (Å²) in [4.78, 5) is 0. The van der Waals surface area contributed by atoms with Crippen molar-refractivity contribution in [3.8, 4) is 0 Å². The number of hydrogen-bond donors (Lipinski definition) is 1. The Morgan fingerprint density at radius 1 is 1.19 bits per heavy atom. The second kappa shape index (κ2) is 3.21. The van der Waals surface area contributed by atoms with Crippen molar-refractivity contribution in [3.63, 3.8) is 0 Å². The summed E-state index contributed by atoms with van der Waals surface area (Å²) in [6.07, 6.45) is 5.38. The molecule has 0 spiro atoms. The van der Waals surface area contributed by atoms with Gasteiger partial charge in [0, 0.05) is 5.92 Å². The molecule has 5 atom stereocenters. The van der Waals surface area contributed by atoms with Crippen LogP contribution in [0.4, 0.5) is 0 Å². The van der Waals surface area contributed by atoms with Gasteiger partial charge in [0.1, 0.15) is 0 Å². The Morgan fingerprint density at radius 3 is 2.44 bits per heavy atom. The van der Waals surface area contributed by atoms with Gasteiger partial charge in [-0.3, -0.25) is 4.18 Å². The van der Waals surface area contributed by atoms with Crippen LogP contribution in [-0.2, 0) is 14.3 Å². The number of rotatable bonds is 2. The van der Waals surface area contributed by atoms with E-state index >= 15 is 0 Å². The lowest BCUT2D eigenvalue weighted by molar-refractivity contribution is -0.102. The molecule has 3 saturated carbocycles. The van der Waals surface area contributed by atoms with Gasteiger partial charge in [-0.2, -0.15) is 8.42 Å². The molecule has 0 radical (unpaired) electrons. The molecule has 0 saturated heterocycles. The SMILES string of the molecule is CS(=O)(=O)OC1CC2CC3CC1C(O)(C2)C3. The van der Waals surface area contributed by atoms with Crippen LogP contribution in [0.15, 0.2) is 0 Å². The Labute approximate surface area is 96.1 Å². The molecule has 3 aliphatic rings. The molecule has 0 aromatic rings. The molecule has 5 unspecified atom stereocenters. The summed E-state index contributed by atoms with van der Waals surface area (Å²) in [6, 6.07) is 0. The molecule has 3 rings (SSSR count). The van der Waals surface area contributed by atoms with E-state index in [4.69, 9.17) is 4.18 Å². The molecule has 0 amide bonds. The van der Waals surface area contributed by atoms with Gasteiger partial charge in [0.2, 0.25) is 0 Å². The number of hydrogen-bond acceptors (Lipinski definition) is 4. The third-order valence-electron chi connectivity index (χ3n) is 4.54. The van der Waals surface area contributed by atoms with Crippen LogP contribution >= 0.6 is 0 Å². The monoisotopic (exact) mass is 246 g/mol. The molecule has 5 heteroatoms. The maximum absolute atomic E-state index is 11.2. The van der Waals surface area contributed by atoms with E-state index in [0.717, 1.165) is 38.4 Å². The van der Waals surface area contributed by atoms with Gasteiger partial charge < -0.3 is 5.11 Å². The van der Waals surface area contributed by atoms with Crippen LogP contribution in [0.2, 0.25) is 0 Å². The van der Waals surface area contributed by atoms with Gasteiger partial charge in [0.05, 0.1) is 18.0 Å². The largest absolute Gasteiger partial charge is 0.389 e. The van der Waals surface area contributed by atoms with Crippen molar-refractivity contribution in [2.45, 2.75) is 43.8 Å². The highest BCUT2D eigenvalue weighted by Gasteiger charge is 2.58. The van der Waals surface area contributed by atoms with E-state index in [1.165, 1.54) is 0 Å². The van der Waals surface area contributed by atoms with Gasteiger partial charge >= 0.3 is 0 Å². The molecule has 3 fully saturated rings. The quantitative estimate of drug-likeness (QED) is 0.735. The standard InChI is InChI=1S/C11H18O4S/c1-16(13,14)15-10-4-8-2-7-3-9(10)11(12,5-7)6-8/h7-10,12H,2-6H2,1H3. The summed E-state index contributed by atoms with van der Waals surface area (Å²) in [5, 5.41) is 10.5. The van der Waals surface area contributed by atoms with E-state index in [1.807, 2.05) is 0 Å². The first-order valence-electron chi connectivity index (χ1n) is 5.96. The van der Waals surface area contributed by atoms with Crippen LogP contribution in [0.5, 0.6) is 0 Å². The van der Waals surface area contributed by atoms with E-state index in [-0.39, 0.29) is 12.0 Å². The maximum atomic E-state index is 11.2. The second-order valence-corrected chi connectivity index (χ2v) is 7.50. The second-order valence-electron chi connectivity index (χ2n) is 5.90. The van der Waals surface area contributed by atoms with Crippen LogP contribution in [0.25, 0.3) is 0 Å². The Balaban J connectivity index is 1.88. The van der Waals surface area contributed by atoms with Gasteiger partial charge in [-0.25, -0.2) is 0 Å². The third-order valence-corrected chi connectivity index (χ3v) is 5.14. The van der Waals surface area contributed by atoms with Crippen LogP contribution in [0.3, 0.4) is 0 Å². The van der Waals surface area contributed by atoms with Crippen molar-refractivity contribution in [3.05, 3.63) is 0 Å². The summed E-state index contributed by atoms with van der Waals surface area (Å²) in [5.41, 5.74) is -0.638. The zero-order chi connectivity index (χ0) is 11.6. The van der Waals surface area contributed by atoms with E-state index in [1.54, 1.807) is 0 Å². The normalized spacial score (nSPS) is 50.9. The molecular weight excluding hydrogens is 228 g/mol. The number of aliphatic hydroxyl groups is 1. The van der Waals surface area contributed by atoms with Gasteiger partial charge in [0.15, 0.2) is 0 Å². The van der Waals surface area contributed by atoms with Gasteiger partial charge in [-0.1, -0.05) is 0 Å². The highest BCUT2D eigenvalue weighted by molar-refractivity contribution is 7.86. The van der Waals surface area contributed by atoms with Crippen molar-refractivity contribution in [1.82, 2.24) is 0 Å². The van der Waals surface area contributed by atoms with Crippen molar-refractivity contribution in [2.75, 3.05) is 6.26 Å². The molecule has 3 bridgehead atoms. The predicted octanol–water partition coefficient (Wildman–Crippen LogP) is 0.902. The Morgan fingerprint density at radius 2 is 1.81 bits per heavy atom. The first kappa shape index (κ1) is 11.0. The lowest BCUT2D eigenvalue weighted by Crippen LogP contribution is -2.49. The highest BCUT2D eigenvalue weighted by atomic mass is 32.2. The van der Waals surface area contributed by atoms with Crippen molar-refractivity contribution in [2.24, 2.45) is 17.8 Å². The minimum atomic E-state index is -3.41. The molecule has 16 heavy (non-hydrogen) atoms. The topological polar surface area (TPSA) is 63.6 Å². The summed E-state index contributed by atoms with van der Waals surface area (Å²) in [7, 11) is -3.41. The zero-order valence-electron chi connectivity index (χ0n) is 9.43. The van der Waals surface area contributed by atoms with E-state index in [9.17, 15) is 13.5 Å². The fraction of sp³-hybridized carbons (Fsp3) is 1.00. The van der Waals surface area contributed by atoms with E-state index < -0.39 is 15.7 Å². The van der Waals surface area contributed by atoms with E-state index in [0.29, 0.717) is 11.8 Å². The summed E-state index contributed by atoms with van der Waals surface area (Å²) >= 11 is 0. The Bertz CT molecular complexity index is 404. The summed E-state index contributed by atoms with van der Waals surface area (Å²) in [6.45, 7) is 0. The lowest BCUT2D eigenvalue weighted by atomic mass is 9.68. The molecule has 0 aromatic heterocycles. The van der Waals surface area contributed by atoms with Crippen molar-refractivity contribution in [1.29, 1.82) is 0 Å². The molecule has 0 aliphatic heterocycles. The third kappa shape index (κ3) is 1.69. The lowest BCUT2D eigenvalue weighted by Gasteiger charge is -2.44. The van der Waals surface area contributed by atoms with Crippen LogP contribution in [-0.4, -0.2) is 31.5 Å². The minimum absolute atomic E-state index is 0.0333. The summed E-state index contributed by atoms with van der Waals surface area (Å²) < 4.78 is 27.6. The fourth-order valence-corrected chi connectivity index (χ4v) is 4.94. The average molecular weight is 246 g/mol. The molecular formula is C11H18O4S. The highest BCUT2D eigenvalue weighted by Crippen LogP contribution is 2.58. The fourth-order valence-electron chi connectivity index (χ4n) is 4.28. The zero-order valence-corrected chi connectivity index (χ0v) is 10.2. The van der Waals surface area contributed by atoms with Crippen LogP contribution in [0, 0.1) is 17.8 Å². The summed E-state index contributed by atoms with van der Waals surface area (Å²) in [5.74, 6) is 1.07. The first-order chi connectivity index (χ1) is 7.36. The Hall–Kier alpha value is -0.130. The van der Waals surface area contributed by atoms with Gasteiger partial charge in [-0.15, -0.1) is 0 Å². The van der Waals surface area contributed by atoms with Crippen molar-refractivity contribution >= 4 is 10.1 Å². The number of fused-ring (bicyclic) bond motifs is 2. The first-order valence-corrected chi connectivity index (χ1v) is 7.78. The average Bonchev–Trinajstić information content (AvgIpc) is 2.22. The van der Waals surface area contributed by atoms with Gasteiger partial charge in [-0.05, 0) is 43.9 Å². The van der Waals surface area contributed by atoms with Crippen molar-refractivity contribution < 1.29 is 17.7 Å².